The molecule has 0 radical (unpaired) electrons. The van der Waals surface area contributed by atoms with Crippen LogP contribution < -0.4 is 14.2 Å². The van der Waals surface area contributed by atoms with Gasteiger partial charge in [0.1, 0.15) is 0 Å². The quantitative estimate of drug-likeness (QED) is 0.641. The van der Waals surface area contributed by atoms with Gasteiger partial charge in [0.05, 0.1) is 19.1 Å². The fraction of sp³-hybridized carbons (Fsp3) is 0.182. The maximum absolute atomic E-state index is 12.8. The Morgan fingerprint density at radius 1 is 0.786 bits per heavy atom. The van der Waals surface area contributed by atoms with Gasteiger partial charge >= 0.3 is 0 Å². The Kier molecular flexibility index (Phi) is 6.02. The van der Waals surface area contributed by atoms with E-state index in [2.05, 4.69) is 4.72 Å². The molecule has 1 atom stereocenters. The average molecular weight is 397 g/mol. The zero-order valence-corrected chi connectivity index (χ0v) is 16.9. The molecule has 5 nitrogen and oxygen atoms in total. The lowest BCUT2D eigenvalue weighted by atomic mass is 10.0. The highest BCUT2D eigenvalue weighted by Crippen LogP contribution is 2.30. The molecule has 0 spiro atoms. The van der Waals surface area contributed by atoms with Crippen LogP contribution in [-0.2, 0) is 10.0 Å². The third-order valence-corrected chi connectivity index (χ3v) is 6.05. The Labute approximate surface area is 166 Å². The zero-order valence-electron chi connectivity index (χ0n) is 16.0. The third kappa shape index (κ3) is 4.35. The van der Waals surface area contributed by atoms with Crippen LogP contribution in [0.4, 0.5) is 0 Å². The summed E-state index contributed by atoms with van der Waals surface area (Å²) in [7, 11) is -0.737. The van der Waals surface area contributed by atoms with Gasteiger partial charge in [0.15, 0.2) is 11.5 Å². The van der Waals surface area contributed by atoms with Gasteiger partial charge in [-0.25, -0.2) is 13.1 Å². The Morgan fingerprint density at radius 2 is 1.39 bits per heavy atom. The second-order valence-corrected chi connectivity index (χ2v) is 8.06. The smallest absolute Gasteiger partial charge is 0.241 e. The summed E-state index contributed by atoms with van der Waals surface area (Å²) >= 11 is 0. The standard InChI is InChI=1S/C22H23NO4S/c1-16(17-9-11-19(12-10-17)18-7-5-4-6-8-18)23-28(24,25)20-13-14-21(26-2)22(15-20)27-3/h4-16,23H,1-3H3/t16-/m0/s1. The van der Waals surface area contributed by atoms with Gasteiger partial charge in [0.2, 0.25) is 10.0 Å². The van der Waals surface area contributed by atoms with Crippen molar-refractivity contribution in [2.45, 2.75) is 17.9 Å². The molecular weight excluding hydrogens is 374 g/mol. The van der Waals surface area contributed by atoms with E-state index >= 15 is 0 Å². The van der Waals surface area contributed by atoms with E-state index in [9.17, 15) is 8.42 Å². The maximum atomic E-state index is 12.8. The first-order chi connectivity index (χ1) is 13.4. The van der Waals surface area contributed by atoms with Gasteiger partial charge in [0, 0.05) is 12.1 Å². The minimum absolute atomic E-state index is 0.123. The number of sulfonamides is 1. The van der Waals surface area contributed by atoms with Crippen molar-refractivity contribution < 1.29 is 17.9 Å². The lowest BCUT2D eigenvalue weighted by Gasteiger charge is -2.16. The number of hydrogen-bond donors (Lipinski definition) is 1. The van der Waals surface area contributed by atoms with Gasteiger partial charge in [0.25, 0.3) is 0 Å². The number of benzene rings is 3. The van der Waals surface area contributed by atoms with E-state index in [1.165, 1.54) is 26.4 Å². The molecule has 6 heteroatoms. The number of ether oxygens (including phenoxy) is 2. The average Bonchev–Trinajstić information content (AvgIpc) is 2.73. The van der Waals surface area contributed by atoms with Crippen molar-refractivity contribution in [1.82, 2.24) is 4.72 Å². The molecule has 0 bridgehead atoms. The second-order valence-electron chi connectivity index (χ2n) is 6.35. The Morgan fingerprint density at radius 3 is 2.00 bits per heavy atom. The van der Waals surface area contributed by atoms with E-state index < -0.39 is 10.0 Å². The normalized spacial score (nSPS) is 12.4. The first-order valence-electron chi connectivity index (χ1n) is 8.84. The molecule has 0 aliphatic rings. The lowest BCUT2D eigenvalue weighted by molar-refractivity contribution is 0.354. The van der Waals surface area contributed by atoms with E-state index in [4.69, 9.17) is 9.47 Å². The summed E-state index contributed by atoms with van der Waals surface area (Å²) in [6.45, 7) is 1.82. The number of nitrogens with one attached hydrogen (secondary N) is 1. The zero-order chi connectivity index (χ0) is 20.1. The predicted molar refractivity (Wildman–Crippen MR) is 110 cm³/mol. The molecule has 0 fully saturated rings. The van der Waals surface area contributed by atoms with Crippen molar-refractivity contribution in [2.24, 2.45) is 0 Å². The fourth-order valence-electron chi connectivity index (χ4n) is 2.95. The van der Waals surface area contributed by atoms with Gasteiger partial charge < -0.3 is 9.47 Å². The monoisotopic (exact) mass is 397 g/mol. The van der Waals surface area contributed by atoms with Crippen LogP contribution in [0.2, 0.25) is 0 Å². The van der Waals surface area contributed by atoms with E-state index in [1.807, 2.05) is 61.5 Å². The SMILES string of the molecule is COc1ccc(S(=O)(=O)N[C@@H](C)c2ccc(-c3ccccc3)cc2)cc1OC. The predicted octanol–water partition coefficient (Wildman–Crippen LogP) is 4.41. The molecule has 0 saturated carbocycles. The Bertz CT molecular complexity index is 1030. The molecule has 0 aliphatic carbocycles. The van der Waals surface area contributed by atoms with Crippen LogP contribution in [0, 0.1) is 0 Å². The highest BCUT2D eigenvalue weighted by Gasteiger charge is 2.20. The van der Waals surface area contributed by atoms with Crippen LogP contribution in [0.1, 0.15) is 18.5 Å². The fourth-order valence-corrected chi connectivity index (χ4v) is 4.19. The molecule has 0 saturated heterocycles. The van der Waals surface area contributed by atoms with Gasteiger partial charge in [-0.2, -0.15) is 0 Å². The molecular formula is C22H23NO4S. The van der Waals surface area contributed by atoms with Crippen LogP contribution in [0.3, 0.4) is 0 Å². The Hall–Kier alpha value is -2.83. The van der Waals surface area contributed by atoms with E-state index in [-0.39, 0.29) is 10.9 Å². The van der Waals surface area contributed by atoms with Crippen molar-refractivity contribution in [3.63, 3.8) is 0 Å². The Balaban J connectivity index is 1.79. The minimum atomic E-state index is -3.71. The summed E-state index contributed by atoms with van der Waals surface area (Å²) in [6, 6.07) is 22.0. The number of methoxy groups -OCH3 is 2. The van der Waals surface area contributed by atoms with Crippen molar-refractivity contribution >= 4 is 10.0 Å². The van der Waals surface area contributed by atoms with Crippen LogP contribution >= 0.6 is 0 Å². The largest absolute Gasteiger partial charge is 0.493 e. The van der Waals surface area contributed by atoms with Crippen molar-refractivity contribution in [2.75, 3.05) is 14.2 Å². The highest BCUT2D eigenvalue weighted by atomic mass is 32.2. The van der Waals surface area contributed by atoms with Crippen molar-refractivity contribution in [3.8, 4) is 22.6 Å². The first-order valence-corrected chi connectivity index (χ1v) is 10.3. The van der Waals surface area contributed by atoms with Crippen LogP contribution in [0.5, 0.6) is 11.5 Å². The molecule has 28 heavy (non-hydrogen) atoms. The number of rotatable bonds is 7. The molecule has 3 aromatic carbocycles. The summed E-state index contributed by atoms with van der Waals surface area (Å²) in [4.78, 5) is 0.123. The molecule has 0 aromatic heterocycles. The lowest BCUT2D eigenvalue weighted by Crippen LogP contribution is -2.26. The summed E-state index contributed by atoms with van der Waals surface area (Å²) in [5, 5.41) is 0. The molecule has 1 N–H and O–H groups in total. The molecule has 0 unspecified atom stereocenters. The second kappa shape index (κ2) is 8.46. The highest BCUT2D eigenvalue weighted by molar-refractivity contribution is 7.89. The molecule has 0 amide bonds. The van der Waals surface area contributed by atoms with E-state index in [0.29, 0.717) is 11.5 Å². The van der Waals surface area contributed by atoms with E-state index in [0.717, 1.165) is 16.7 Å². The first kappa shape index (κ1) is 19.9. The molecule has 3 aromatic rings. The molecule has 0 heterocycles. The maximum Gasteiger partial charge on any atom is 0.241 e. The summed E-state index contributed by atoms with van der Waals surface area (Å²) < 4.78 is 38.6. The van der Waals surface area contributed by atoms with E-state index in [1.54, 1.807) is 6.07 Å². The van der Waals surface area contributed by atoms with Crippen molar-refractivity contribution in [3.05, 3.63) is 78.4 Å². The van der Waals surface area contributed by atoms with Crippen LogP contribution in [-0.4, -0.2) is 22.6 Å². The van der Waals surface area contributed by atoms with Gasteiger partial charge in [-0.1, -0.05) is 54.6 Å². The van der Waals surface area contributed by atoms with Gasteiger partial charge in [-0.3, -0.25) is 0 Å². The van der Waals surface area contributed by atoms with Gasteiger partial charge in [-0.05, 0) is 35.7 Å². The van der Waals surface area contributed by atoms with Crippen LogP contribution in [0.15, 0.2) is 77.7 Å². The topological polar surface area (TPSA) is 64.6 Å². The summed E-state index contributed by atoms with van der Waals surface area (Å²) in [5.74, 6) is 0.844. The molecule has 3 rings (SSSR count). The molecule has 0 aliphatic heterocycles. The summed E-state index contributed by atoms with van der Waals surface area (Å²) in [5.41, 5.74) is 3.08. The third-order valence-electron chi connectivity index (χ3n) is 4.52. The number of hydrogen-bond acceptors (Lipinski definition) is 4. The van der Waals surface area contributed by atoms with Gasteiger partial charge in [-0.15, -0.1) is 0 Å². The molecule has 146 valence electrons. The van der Waals surface area contributed by atoms with Crippen molar-refractivity contribution in [1.29, 1.82) is 0 Å². The summed E-state index contributed by atoms with van der Waals surface area (Å²) in [6.07, 6.45) is 0. The van der Waals surface area contributed by atoms with Crippen LogP contribution in [0.25, 0.3) is 11.1 Å². The minimum Gasteiger partial charge on any atom is -0.493 e.